The van der Waals surface area contributed by atoms with E-state index in [1.54, 1.807) is 23.5 Å². The summed E-state index contributed by atoms with van der Waals surface area (Å²) in [5, 5.41) is 4.12. The molecule has 9 heteroatoms. The van der Waals surface area contributed by atoms with Crippen LogP contribution in [-0.2, 0) is 26.1 Å². The third kappa shape index (κ3) is 4.42. The molecule has 2 atom stereocenters. The first-order valence-corrected chi connectivity index (χ1v) is 13.2. The molecule has 1 saturated heterocycles. The van der Waals surface area contributed by atoms with Crippen LogP contribution in [0.1, 0.15) is 16.0 Å². The van der Waals surface area contributed by atoms with Crippen LogP contribution in [0.3, 0.4) is 0 Å². The molecule has 1 aromatic heterocycles. The molecule has 1 aromatic carbocycles. The van der Waals surface area contributed by atoms with Gasteiger partial charge in [0.25, 0.3) is 0 Å². The van der Waals surface area contributed by atoms with Crippen LogP contribution in [0.2, 0.25) is 0 Å². The van der Waals surface area contributed by atoms with Gasteiger partial charge in [-0.05, 0) is 55.0 Å². The molecule has 28 heavy (non-hydrogen) atoms. The first-order chi connectivity index (χ1) is 13.1. The van der Waals surface area contributed by atoms with Crippen LogP contribution in [-0.4, -0.2) is 53.3 Å². The lowest BCUT2D eigenvalue weighted by molar-refractivity contribution is 0.401. The molecule has 0 radical (unpaired) electrons. The van der Waals surface area contributed by atoms with Crippen molar-refractivity contribution in [3.63, 3.8) is 0 Å². The van der Waals surface area contributed by atoms with E-state index in [-0.39, 0.29) is 22.2 Å². The summed E-state index contributed by atoms with van der Waals surface area (Å²) in [6.45, 7) is 4.23. The molecule has 0 amide bonds. The van der Waals surface area contributed by atoms with Crippen molar-refractivity contribution in [2.75, 3.05) is 25.2 Å². The lowest BCUT2D eigenvalue weighted by Gasteiger charge is -2.21. The highest BCUT2D eigenvalue weighted by atomic mass is 32.2. The number of hydrogen-bond donors (Lipinski definition) is 1. The summed E-state index contributed by atoms with van der Waals surface area (Å²) < 4.78 is 56.6. The Labute approximate surface area is 170 Å². The van der Waals surface area contributed by atoms with Crippen LogP contribution < -0.4 is 10.1 Å². The largest absolute Gasteiger partial charge is 0.495 e. The molecule has 2 heterocycles. The van der Waals surface area contributed by atoms with Crippen molar-refractivity contribution in [3.8, 4) is 5.75 Å². The maximum absolute atomic E-state index is 13.4. The van der Waals surface area contributed by atoms with Crippen molar-refractivity contribution in [1.82, 2.24) is 5.32 Å². The molecule has 0 spiro atoms. The highest BCUT2D eigenvalue weighted by molar-refractivity contribution is 7.96. The molecule has 1 fully saturated rings. The maximum atomic E-state index is 13.4. The Morgan fingerprint density at radius 2 is 1.93 bits per heavy atom. The lowest BCUT2D eigenvalue weighted by Crippen LogP contribution is -2.44. The second kappa shape index (κ2) is 8.14. The fraction of sp³-hybridized carbons (Fsp3) is 0.474. The molecule has 0 unspecified atom stereocenters. The average Bonchev–Trinajstić information content (AvgIpc) is 3.24. The van der Waals surface area contributed by atoms with Crippen LogP contribution >= 0.6 is 11.3 Å². The monoisotopic (exact) mass is 443 g/mol. The SMILES string of the molecule is COc1cc(C)c(C)cc1S(=O)(=O)[C@H]1CS(=O)(=O)C[C@@H]1NCCc1cccs1. The topological polar surface area (TPSA) is 89.5 Å². The molecule has 3 rings (SSSR count). The molecule has 154 valence electrons. The summed E-state index contributed by atoms with van der Waals surface area (Å²) in [7, 11) is -5.91. The van der Waals surface area contributed by atoms with E-state index in [1.165, 1.54) is 12.0 Å². The normalized spacial score (nSPS) is 21.7. The third-order valence-electron chi connectivity index (χ3n) is 5.14. The third-order valence-corrected chi connectivity index (χ3v) is 10.2. The van der Waals surface area contributed by atoms with E-state index in [1.807, 2.05) is 31.4 Å². The first kappa shape index (κ1) is 21.3. The molecule has 2 aromatic rings. The van der Waals surface area contributed by atoms with Gasteiger partial charge in [0.05, 0.1) is 23.9 Å². The number of nitrogens with one attached hydrogen (secondary N) is 1. The van der Waals surface area contributed by atoms with E-state index >= 15 is 0 Å². The summed E-state index contributed by atoms with van der Waals surface area (Å²) >= 11 is 1.62. The zero-order valence-corrected chi connectivity index (χ0v) is 18.6. The number of rotatable bonds is 7. The molecule has 1 N–H and O–H groups in total. The summed E-state index contributed by atoms with van der Waals surface area (Å²) in [4.78, 5) is 1.23. The number of methoxy groups -OCH3 is 1. The number of aryl methyl sites for hydroxylation is 2. The lowest BCUT2D eigenvalue weighted by atomic mass is 10.1. The minimum absolute atomic E-state index is 0.0604. The van der Waals surface area contributed by atoms with E-state index in [0.717, 1.165) is 17.5 Å². The fourth-order valence-corrected chi connectivity index (χ4v) is 9.11. The van der Waals surface area contributed by atoms with E-state index < -0.39 is 31.0 Å². The summed E-state index contributed by atoms with van der Waals surface area (Å²) in [5.74, 6) is -0.291. The van der Waals surface area contributed by atoms with Gasteiger partial charge in [-0.15, -0.1) is 11.3 Å². The van der Waals surface area contributed by atoms with Crippen molar-refractivity contribution < 1.29 is 21.6 Å². The van der Waals surface area contributed by atoms with Gasteiger partial charge in [-0.25, -0.2) is 16.8 Å². The van der Waals surface area contributed by atoms with E-state index in [4.69, 9.17) is 4.74 Å². The minimum atomic E-state index is -3.89. The first-order valence-electron chi connectivity index (χ1n) is 8.99. The highest BCUT2D eigenvalue weighted by Crippen LogP contribution is 2.33. The van der Waals surface area contributed by atoms with Gasteiger partial charge < -0.3 is 10.1 Å². The Hall–Kier alpha value is -1.42. The van der Waals surface area contributed by atoms with Gasteiger partial charge in [0.15, 0.2) is 19.7 Å². The van der Waals surface area contributed by atoms with Gasteiger partial charge >= 0.3 is 0 Å². The Balaban J connectivity index is 1.88. The van der Waals surface area contributed by atoms with Crippen LogP contribution in [0.5, 0.6) is 5.75 Å². The molecule has 1 aliphatic heterocycles. The van der Waals surface area contributed by atoms with Crippen molar-refractivity contribution in [1.29, 1.82) is 0 Å². The maximum Gasteiger partial charge on any atom is 0.187 e. The van der Waals surface area contributed by atoms with Gasteiger partial charge in [-0.1, -0.05) is 6.07 Å². The molecule has 0 bridgehead atoms. The van der Waals surface area contributed by atoms with Crippen molar-refractivity contribution in [3.05, 3.63) is 45.6 Å². The van der Waals surface area contributed by atoms with Crippen molar-refractivity contribution >= 4 is 31.0 Å². The van der Waals surface area contributed by atoms with Crippen LogP contribution in [0.15, 0.2) is 34.5 Å². The highest BCUT2D eigenvalue weighted by Gasteiger charge is 2.46. The van der Waals surface area contributed by atoms with Crippen LogP contribution in [0, 0.1) is 13.8 Å². The standard InChI is InChI=1S/C19H25NO5S3/c1-13-9-17(25-3)18(10-14(13)2)28(23,24)19-12-27(21,22)11-16(19)20-7-6-15-5-4-8-26-15/h4-5,8-10,16,19-20H,6-7,11-12H2,1-3H3/t16-,19-/m0/s1. The number of ether oxygens (including phenoxy) is 1. The van der Waals surface area contributed by atoms with Gasteiger partial charge in [-0.3, -0.25) is 0 Å². The Morgan fingerprint density at radius 1 is 1.21 bits per heavy atom. The van der Waals surface area contributed by atoms with Gasteiger partial charge in [-0.2, -0.15) is 0 Å². The molecule has 0 saturated carbocycles. The summed E-state index contributed by atoms with van der Waals surface area (Å²) in [6.07, 6.45) is 0.730. The van der Waals surface area contributed by atoms with Gasteiger partial charge in [0.2, 0.25) is 0 Å². The predicted octanol–water partition coefficient (Wildman–Crippen LogP) is 2.15. The summed E-state index contributed by atoms with van der Waals surface area (Å²) in [5.41, 5.74) is 1.74. The van der Waals surface area contributed by atoms with Crippen molar-refractivity contribution in [2.24, 2.45) is 0 Å². The number of benzene rings is 1. The number of sulfone groups is 2. The Kier molecular flexibility index (Phi) is 6.19. The zero-order chi connectivity index (χ0) is 20.5. The van der Waals surface area contributed by atoms with Gasteiger partial charge in [0.1, 0.15) is 10.6 Å². The predicted molar refractivity (Wildman–Crippen MR) is 112 cm³/mol. The molecule has 6 nitrogen and oxygen atoms in total. The Bertz CT molecular complexity index is 1040. The van der Waals surface area contributed by atoms with Crippen LogP contribution in [0.4, 0.5) is 0 Å². The number of thiophene rings is 1. The molecule has 1 aliphatic rings. The fourth-order valence-electron chi connectivity index (χ4n) is 3.46. The molecule has 0 aliphatic carbocycles. The molecular weight excluding hydrogens is 418 g/mol. The van der Waals surface area contributed by atoms with Crippen LogP contribution in [0.25, 0.3) is 0 Å². The van der Waals surface area contributed by atoms with E-state index in [2.05, 4.69) is 5.32 Å². The van der Waals surface area contributed by atoms with Gasteiger partial charge in [0, 0.05) is 17.5 Å². The van der Waals surface area contributed by atoms with E-state index in [0.29, 0.717) is 6.54 Å². The second-order valence-corrected chi connectivity index (χ2v) is 12.5. The number of hydrogen-bond acceptors (Lipinski definition) is 7. The smallest absolute Gasteiger partial charge is 0.187 e. The second-order valence-electron chi connectivity index (χ2n) is 7.14. The Morgan fingerprint density at radius 3 is 2.57 bits per heavy atom. The van der Waals surface area contributed by atoms with Crippen molar-refractivity contribution in [2.45, 2.75) is 36.5 Å². The quantitative estimate of drug-likeness (QED) is 0.705. The minimum Gasteiger partial charge on any atom is -0.495 e. The average molecular weight is 444 g/mol. The zero-order valence-electron chi connectivity index (χ0n) is 16.1. The summed E-state index contributed by atoms with van der Waals surface area (Å²) in [6, 6.07) is 6.59. The molecular formula is C19H25NO5S3. The van der Waals surface area contributed by atoms with E-state index in [9.17, 15) is 16.8 Å².